The molecule has 1 aliphatic heterocycles. The molecule has 0 amide bonds. The average Bonchev–Trinajstić information content (AvgIpc) is 2.50. The molecule has 2 rings (SSSR count). The molecule has 2 heterocycles. The van der Waals surface area contributed by atoms with E-state index in [9.17, 15) is 8.78 Å². The van der Waals surface area contributed by atoms with Crippen molar-refractivity contribution in [1.29, 1.82) is 0 Å². The van der Waals surface area contributed by atoms with E-state index < -0.39 is 5.92 Å². The minimum Gasteiger partial charge on any atom is -0.309 e. The minimum atomic E-state index is -2.64. The van der Waals surface area contributed by atoms with Gasteiger partial charge in [0, 0.05) is 19.2 Å². The molecule has 0 aliphatic carbocycles. The van der Waals surface area contributed by atoms with Crippen LogP contribution in [-0.4, -0.2) is 34.0 Å². The fourth-order valence-electron chi connectivity index (χ4n) is 1.64. The summed E-state index contributed by atoms with van der Waals surface area (Å²) in [6, 6.07) is -0.292. The quantitative estimate of drug-likeness (QED) is 0.731. The molecule has 6 heteroatoms. The molecule has 0 bridgehead atoms. The molecular weight excluding hydrogens is 190 g/mol. The van der Waals surface area contributed by atoms with Gasteiger partial charge < -0.3 is 5.32 Å². The molecule has 1 aliphatic rings. The van der Waals surface area contributed by atoms with Crippen LogP contribution in [0.1, 0.15) is 18.2 Å². The van der Waals surface area contributed by atoms with Gasteiger partial charge >= 0.3 is 0 Å². The Balaban J connectivity index is 2.12. The maximum absolute atomic E-state index is 13.0. The molecule has 1 fully saturated rings. The number of rotatable bonds is 1. The van der Waals surface area contributed by atoms with Crippen LogP contribution in [0.15, 0.2) is 6.20 Å². The van der Waals surface area contributed by atoms with Gasteiger partial charge in [-0.3, -0.25) is 0 Å². The van der Waals surface area contributed by atoms with E-state index in [1.165, 1.54) is 4.68 Å². The van der Waals surface area contributed by atoms with Crippen molar-refractivity contribution in [2.24, 2.45) is 0 Å². The summed E-state index contributed by atoms with van der Waals surface area (Å²) in [4.78, 5) is 0. The summed E-state index contributed by atoms with van der Waals surface area (Å²) in [5.74, 6) is -2.64. The number of hydrogen-bond acceptors (Lipinski definition) is 3. The molecular formula is C8H12F2N4. The highest BCUT2D eigenvalue weighted by molar-refractivity contribution is 4.92. The van der Waals surface area contributed by atoms with Crippen LogP contribution in [0.4, 0.5) is 8.78 Å². The SMILES string of the molecule is Cc1cn(C2CNCC(F)(F)C2)nn1. The molecule has 1 N–H and O–H groups in total. The van der Waals surface area contributed by atoms with Gasteiger partial charge in [-0.15, -0.1) is 5.10 Å². The first-order valence-electron chi connectivity index (χ1n) is 4.54. The molecule has 0 spiro atoms. The lowest BCUT2D eigenvalue weighted by Gasteiger charge is -2.29. The zero-order chi connectivity index (χ0) is 10.2. The van der Waals surface area contributed by atoms with Crippen molar-refractivity contribution >= 4 is 0 Å². The number of aryl methyl sites for hydroxylation is 1. The van der Waals surface area contributed by atoms with E-state index in [0.29, 0.717) is 6.54 Å². The Kier molecular flexibility index (Phi) is 2.22. The van der Waals surface area contributed by atoms with E-state index in [1.807, 2.05) is 0 Å². The average molecular weight is 202 g/mol. The second-order valence-electron chi connectivity index (χ2n) is 3.68. The largest absolute Gasteiger partial charge is 0.309 e. The predicted molar refractivity (Wildman–Crippen MR) is 46.2 cm³/mol. The Bertz CT molecular complexity index is 323. The third-order valence-corrected chi connectivity index (χ3v) is 2.30. The fraction of sp³-hybridized carbons (Fsp3) is 0.750. The molecule has 0 aromatic carbocycles. The summed E-state index contributed by atoms with van der Waals surface area (Å²) in [5, 5.41) is 10.3. The first-order valence-corrected chi connectivity index (χ1v) is 4.54. The Hall–Kier alpha value is -1.04. The minimum absolute atomic E-state index is 0.164. The summed E-state index contributed by atoms with van der Waals surface area (Å²) < 4.78 is 27.6. The maximum atomic E-state index is 13.0. The van der Waals surface area contributed by atoms with Crippen molar-refractivity contribution < 1.29 is 8.78 Å². The Morgan fingerprint density at radius 2 is 2.43 bits per heavy atom. The standard InChI is InChI=1S/C8H12F2N4/c1-6-4-14(13-12-6)7-2-8(9,10)5-11-3-7/h4,7,11H,2-3,5H2,1H3. The van der Waals surface area contributed by atoms with Crippen LogP contribution < -0.4 is 5.32 Å². The van der Waals surface area contributed by atoms with Gasteiger partial charge in [0.15, 0.2) is 0 Å². The van der Waals surface area contributed by atoms with E-state index >= 15 is 0 Å². The van der Waals surface area contributed by atoms with E-state index in [-0.39, 0.29) is 19.0 Å². The second kappa shape index (κ2) is 3.27. The zero-order valence-electron chi connectivity index (χ0n) is 7.87. The van der Waals surface area contributed by atoms with Gasteiger partial charge in [-0.2, -0.15) is 0 Å². The number of aromatic nitrogens is 3. The van der Waals surface area contributed by atoms with Crippen LogP contribution in [0.3, 0.4) is 0 Å². The Morgan fingerprint density at radius 1 is 1.64 bits per heavy atom. The summed E-state index contributed by atoms with van der Waals surface area (Å²) >= 11 is 0. The third kappa shape index (κ3) is 1.89. The molecule has 0 radical (unpaired) electrons. The lowest BCUT2D eigenvalue weighted by molar-refractivity contribution is -0.0383. The van der Waals surface area contributed by atoms with Crippen molar-refractivity contribution in [3.8, 4) is 0 Å². The Morgan fingerprint density at radius 3 is 3.00 bits per heavy atom. The van der Waals surface area contributed by atoms with Gasteiger partial charge in [0.1, 0.15) is 0 Å². The van der Waals surface area contributed by atoms with Gasteiger partial charge in [-0.1, -0.05) is 5.21 Å². The normalized spacial score (nSPS) is 26.4. The van der Waals surface area contributed by atoms with E-state index in [2.05, 4.69) is 15.6 Å². The van der Waals surface area contributed by atoms with E-state index in [4.69, 9.17) is 0 Å². The summed E-state index contributed by atoms with van der Waals surface area (Å²) in [6.07, 6.45) is 1.52. The fourth-order valence-corrected chi connectivity index (χ4v) is 1.64. The lowest BCUT2D eigenvalue weighted by Crippen LogP contribution is -2.44. The molecule has 1 unspecified atom stereocenters. The van der Waals surface area contributed by atoms with Gasteiger partial charge in [0.05, 0.1) is 18.3 Å². The van der Waals surface area contributed by atoms with Crippen molar-refractivity contribution in [3.63, 3.8) is 0 Å². The van der Waals surface area contributed by atoms with Crippen molar-refractivity contribution in [1.82, 2.24) is 20.3 Å². The molecule has 1 atom stereocenters. The molecule has 1 aromatic heterocycles. The highest BCUT2D eigenvalue weighted by Gasteiger charge is 2.37. The molecule has 4 nitrogen and oxygen atoms in total. The first kappa shape index (κ1) is 9.51. The van der Waals surface area contributed by atoms with Gasteiger partial charge in [-0.25, -0.2) is 13.5 Å². The number of hydrogen-bond donors (Lipinski definition) is 1. The number of nitrogens with one attached hydrogen (secondary N) is 1. The molecule has 14 heavy (non-hydrogen) atoms. The van der Waals surface area contributed by atoms with Gasteiger partial charge in [0.2, 0.25) is 0 Å². The predicted octanol–water partition coefficient (Wildman–Crippen LogP) is 0.756. The van der Waals surface area contributed by atoms with Gasteiger partial charge in [-0.05, 0) is 6.92 Å². The maximum Gasteiger partial charge on any atom is 0.262 e. The highest BCUT2D eigenvalue weighted by atomic mass is 19.3. The number of alkyl halides is 2. The number of halogens is 2. The highest BCUT2D eigenvalue weighted by Crippen LogP contribution is 2.28. The number of piperidine rings is 1. The first-order chi connectivity index (χ1) is 6.57. The monoisotopic (exact) mass is 202 g/mol. The summed E-state index contributed by atoms with van der Waals surface area (Å²) in [5.41, 5.74) is 0.749. The van der Waals surface area contributed by atoms with E-state index in [0.717, 1.165) is 5.69 Å². The van der Waals surface area contributed by atoms with Crippen LogP contribution in [0.25, 0.3) is 0 Å². The topological polar surface area (TPSA) is 42.7 Å². The summed E-state index contributed by atoms with van der Waals surface area (Å²) in [7, 11) is 0. The van der Waals surface area contributed by atoms with Crippen LogP contribution in [0, 0.1) is 6.92 Å². The third-order valence-electron chi connectivity index (χ3n) is 2.30. The number of nitrogens with zero attached hydrogens (tertiary/aromatic N) is 3. The molecule has 78 valence electrons. The smallest absolute Gasteiger partial charge is 0.262 e. The molecule has 1 aromatic rings. The zero-order valence-corrected chi connectivity index (χ0v) is 7.87. The van der Waals surface area contributed by atoms with Crippen molar-refractivity contribution in [2.75, 3.05) is 13.1 Å². The van der Waals surface area contributed by atoms with E-state index in [1.54, 1.807) is 13.1 Å². The molecule has 0 saturated carbocycles. The second-order valence-corrected chi connectivity index (χ2v) is 3.68. The van der Waals surface area contributed by atoms with Crippen LogP contribution in [0.2, 0.25) is 0 Å². The van der Waals surface area contributed by atoms with Gasteiger partial charge in [0.25, 0.3) is 5.92 Å². The molecule has 1 saturated heterocycles. The van der Waals surface area contributed by atoms with Crippen LogP contribution in [0.5, 0.6) is 0 Å². The van der Waals surface area contributed by atoms with Crippen molar-refractivity contribution in [2.45, 2.75) is 25.3 Å². The van der Waals surface area contributed by atoms with Crippen LogP contribution in [-0.2, 0) is 0 Å². The van der Waals surface area contributed by atoms with Crippen LogP contribution >= 0.6 is 0 Å². The summed E-state index contributed by atoms with van der Waals surface area (Å²) in [6.45, 7) is 2.08. The van der Waals surface area contributed by atoms with Crippen molar-refractivity contribution in [3.05, 3.63) is 11.9 Å². The Labute approximate surface area is 80.3 Å². The lowest BCUT2D eigenvalue weighted by atomic mass is 10.0.